The molecule has 0 unspecified atom stereocenters. The zero-order chi connectivity index (χ0) is 13.1. The monoisotopic (exact) mass is 244 g/mol. The lowest BCUT2D eigenvalue weighted by Crippen LogP contribution is -2.48. The average Bonchev–Trinajstić information content (AvgIpc) is 2.26. The van der Waals surface area contributed by atoms with Crippen molar-refractivity contribution >= 4 is 5.78 Å². The maximum atomic E-state index is 12.0. The molecule has 4 heteroatoms. The molecular formula is C13H24O4. The molecule has 100 valence electrons. The highest BCUT2D eigenvalue weighted by Crippen LogP contribution is 2.36. The Labute approximate surface area is 103 Å². The van der Waals surface area contributed by atoms with Crippen molar-refractivity contribution in [3.05, 3.63) is 0 Å². The van der Waals surface area contributed by atoms with E-state index in [2.05, 4.69) is 0 Å². The first-order valence-electron chi connectivity index (χ1n) is 6.39. The summed E-state index contributed by atoms with van der Waals surface area (Å²) in [5.41, 5.74) is -0.531. The minimum Gasteiger partial charge on any atom is -0.396 e. The highest BCUT2D eigenvalue weighted by molar-refractivity contribution is 5.85. The molecule has 0 aromatic rings. The molecule has 0 aromatic heterocycles. The van der Waals surface area contributed by atoms with Gasteiger partial charge in [0.1, 0.15) is 5.78 Å². The Hall–Kier alpha value is -0.450. The molecule has 0 amide bonds. The van der Waals surface area contributed by atoms with E-state index >= 15 is 0 Å². The lowest BCUT2D eigenvalue weighted by atomic mass is 9.76. The first-order chi connectivity index (χ1) is 7.91. The predicted molar refractivity (Wildman–Crippen MR) is 64.7 cm³/mol. The third-order valence-electron chi connectivity index (χ3n) is 3.69. The summed E-state index contributed by atoms with van der Waals surface area (Å²) >= 11 is 0. The van der Waals surface area contributed by atoms with Crippen LogP contribution in [0.3, 0.4) is 0 Å². The number of carbonyl (C=O) groups is 1. The van der Waals surface area contributed by atoms with Crippen LogP contribution in [0.25, 0.3) is 0 Å². The lowest BCUT2D eigenvalue weighted by Gasteiger charge is -2.41. The Kier molecular flexibility index (Phi) is 5.10. The van der Waals surface area contributed by atoms with Gasteiger partial charge in [-0.2, -0.15) is 0 Å². The Morgan fingerprint density at radius 1 is 1.53 bits per heavy atom. The van der Waals surface area contributed by atoms with E-state index in [-0.39, 0.29) is 24.6 Å². The molecule has 0 saturated carbocycles. The molecule has 1 rings (SSSR count). The normalized spacial score (nSPS) is 30.3. The second-order valence-electron chi connectivity index (χ2n) is 5.41. The second-order valence-corrected chi connectivity index (χ2v) is 5.41. The van der Waals surface area contributed by atoms with Crippen molar-refractivity contribution in [2.75, 3.05) is 6.61 Å². The summed E-state index contributed by atoms with van der Waals surface area (Å²) in [6.07, 6.45) is 1.14. The van der Waals surface area contributed by atoms with Crippen molar-refractivity contribution < 1.29 is 19.7 Å². The van der Waals surface area contributed by atoms with Crippen molar-refractivity contribution in [3.8, 4) is 0 Å². The van der Waals surface area contributed by atoms with Crippen LogP contribution >= 0.6 is 0 Å². The minimum absolute atomic E-state index is 0.0183. The first kappa shape index (κ1) is 14.6. The number of ether oxygens (including phenoxy) is 1. The smallest absolute Gasteiger partial charge is 0.143 e. The zero-order valence-electron chi connectivity index (χ0n) is 11.0. The van der Waals surface area contributed by atoms with Gasteiger partial charge in [0.15, 0.2) is 0 Å². The van der Waals surface area contributed by atoms with Crippen molar-refractivity contribution in [2.45, 2.75) is 64.8 Å². The zero-order valence-corrected chi connectivity index (χ0v) is 11.0. The van der Waals surface area contributed by atoms with Gasteiger partial charge in [-0.3, -0.25) is 4.79 Å². The number of rotatable bonds is 5. The van der Waals surface area contributed by atoms with E-state index in [1.54, 1.807) is 0 Å². The number of hydrogen-bond acceptors (Lipinski definition) is 4. The van der Waals surface area contributed by atoms with Crippen molar-refractivity contribution in [3.63, 3.8) is 0 Å². The summed E-state index contributed by atoms with van der Waals surface area (Å²) in [7, 11) is 0. The third-order valence-corrected chi connectivity index (χ3v) is 3.69. The Morgan fingerprint density at radius 2 is 2.18 bits per heavy atom. The van der Waals surface area contributed by atoms with Gasteiger partial charge in [-0.15, -0.1) is 0 Å². The van der Waals surface area contributed by atoms with Gasteiger partial charge in [0, 0.05) is 18.4 Å². The van der Waals surface area contributed by atoms with Gasteiger partial charge in [-0.05, 0) is 19.3 Å². The van der Waals surface area contributed by atoms with E-state index in [9.17, 15) is 9.90 Å². The van der Waals surface area contributed by atoms with Gasteiger partial charge in [0.2, 0.25) is 0 Å². The van der Waals surface area contributed by atoms with Crippen LogP contribution in [-0.4, -0.2) is 40.9 Å². The van der Waals surface area contributed by atoms with Crippen molar-refractivity contribution in [1.29, 1.82) is 0 Å². The standard InChI is InChI=1S/C13H24O4/c1-4-9(15)7-10-8-11(16)13(2,3)12(17-10)5-6-14/h9-10,12,14-15H,4-8H2,1-3H3/t9-,10-,12+/m1/s1. The molecule has 3 atom stereocenters. The summed E-state index contributed by atoms with van der Waals surface area (Å²) in [6.45, 7) is 5.65. The fourth-order valence-electron chi connectivity index (χ4n) is 2.26. The molecule has 1 heterocycles. The average molecular weight is 244 g/mol. The summed E-state index contributed by atoms with van der Waals surface area (Å²) in [5, 5.41) is 18.6. The summed E-state index contributed by atoms with van der Waals surface area (Å²) in [6, 6.07) is 0. The summed E-state index contributed by atoms with van der Waals surface area (Å²) in [5.74, 6) is 0.163. The van der Waals surface area contributed by atoms with Crippen molar-refractivity contribution in [1.82, 2.24) is 0 Å². The SMILES string of the molecule is CC[C@@H](O)C[C@@H]1CC(=O)C(C)(C)[C@H](CCO)O1. The second kappa shape index (κ2) is 5.94. The molecule has 0 spiro atoms. The van der Waals surface area contributed by atoms with E-state index in [4.69, 9.17) is 9.84 Å². The van der Waals surface area contributed by atoms with Crippen LogP contribution in [0.5, 0.6) is 0 Å². The topological polar surface area (TPSA) is 66.8 Å². The van der Waals surface area contributed by atoms with Gasteiger partial charge in [0.25, 0.3) is 0 Å². The van der Waals surface area contributed by atoms with Gasteiger partial charge in [0.05, 0.1) is 18.3 Å². The van der Waals surface area contributed by atoms with Crippen molar-refractivity contribution in [2.24, 2.45) is 5.41 Å². The maximum absolute atomic E-state index is 12.0. The first-order valence-corrected chi connectivity index (χ1v) is 6.39. The molecule has 1 fully saturated rings. The summed E-state index contributed by atoms with van der Waals surface area (Å²) < 4.78 is 5.84. The fourth-order valence-corrected chi connectivity index (χ4v) is 2.26. The lowest BCUT2D eigenvalue weighted by molar-refractivity contribution is -0.164. The van der Waals surface area contributed by atoms with E-state index in [1.165, 1.54) is 0 Å². The van der Waals surface area contributed by atoms with Crippen LogP contribution in [-0.2, 0) is 9.53 Å². The van der Waals surface area contributed by atoms with E-state index in [0.717, 1.165) is 0 Å². The molecule has 0 bridgehead atoms. The molecule has 1 aliphatic heterocycles. The number of carbonyl (C=O) groups excluding carboxylic acids is 1. The molecule has 0 aliphatic carbocycles. The molecule has 0 radical (unpaired) electrons. The number of aliphatic hydroxyl groups excluding tert-OH is 2. The highest BCUT2D eigenvalue weighted by Gasteiger charge is 2.43. The highest BCUT2D eigenvalue weighted by atomic mass is 16.5. The number of hydrogen-bond donors (Lipinski definition) is 2. The van der Waals surface area contributed by atoms with Crippen LogP contribution < -0.4 is 0 Å². The molecule has 4 nitrogen and oxygen atoms in total. The molecule has 17 heavy (non-hydrogen) atoms. The summed E-state index contributed by atoms with van der Waals surface area (Å²) in [4.78, 5) is 12.0. The fraction of sp³-hybridized carbons (Fsp3) is 0.923. The number of ketones is 1. The van der Waals surface area contributed by atoms with Crippen LogP contribution in [0.15, 0.2) is 0 Å². The van der Waals surface area contributed by atoms with Gasteiger partial charge >= 0.3 is 0 Å². The molecular weight excluding hydrogens is 220 g/mol. The number of aliphatic hydroxyl groups is 2. The van der Waals surface area contributed by atoms with Crippen LogP contribution in [0, 0.1) is 5.41 Å². The molecule has 1 saturated heterocycles. The Morgan fingerprint density at radius 3 is 2.71 bits per heavy atom. The minimum atomic E-state index is -0.531. The Bertz CT molecular complexity index is 262. The largest absolute Gasteiger partial charge is 0.396 e. The quantitative estimate of drug-likeness (QED) is 0.764. The van der Waals surface area contributed by atoms with Gasteiger partial charge in [-0.1, -0.05) is 20.8 Å². The number of Topliss-reactive ketones (excluding diaryl/α,β-unsaturated/α-hetero) is 1. The maximum Gasteiger partial charge on any atom is 0.143 e. The van der Waals surface area contributed by atoms with Crippen LogP contribution in [0.4, 0.5) is 0 Å². The van der Waals surface area contributed by atoms with Gasteiger partial charge in [-0.25, -0.2) is 0 Å². The van der Waals surface area contributed by atoms with E-state index in [0.29, 0.717) is 25.7 Å². The predicted octanol–water partition coefficient (Wildman–Crippen LogP) is 1.28. The molecule has 1 aliphatic rings. The Balaban J connectivity index is 2.66. The van der Waals surface area contributed by atoms with Crippen LogP contribution in [0.1, 0.15) is 46.5 Å². The van der Waals surface area contributed by atoms with Crippen LogP contribution in [0.2, 0.25) is 0 Å². The third kappa shape index (κ3) is 3.50. The van der Waals surface area contributed by atoms with Gasteiger partial charge < -0.3 is 14.9 Å². The van der Waals surface area contributed by atoms with E-state index < -0.39 is 11.5 Å². The molecule has 0 aromatic carbocycles. The van der Waals surface area contributed by atoms with E-state index in [1.807, 2.05) is 20.8 Å². The molecule has 2 N–H and O–H groups in total.